The molecular weight excluding hydrogens is 454 g/mol. The minimum absolute atomic E-state index is 0.586. The first-order valence-electron chi connectivity index (χ1n) is 13.7. The lowest BCUT2D eigenvalue weighted by molar-refractivity contribution is -0.00250. The van der Waals surface area contributed by atoms with Gasteiger partial charge in [-0.2, -0.15) is 0 Å². The summed E-state index contributed by atoms with van der Waals surface area (Å²) in [5, 5.41) is 0. The van der Waals surface area contributed by atoms with Crippen LogP contribution in [0.4, 0.5) is 0 Å². The van der Waals surface area contributed by atoms with Crippen LogP contribution in [0.15, 0.2) is 0 Å². The van der Waals surface area contributed by atoms with Crippen molar-refractivity contribution in [1.29, 1.82) is 0 Å². The van der Waals surface area contributed by atoms with E-state index in [9.17, 15) is 0 Å². The van der Waals surface area contributed by atoms with Crippen molar-refractivity contribution in [3.8, 4) is 0 Å². The third-order valence-electron chi connectivity index (χ3n) is 4.42. The van der Waals surface area contributed by atoms with Crippen molar-refractivity contribution in [2.75, 3.05) is 125 Å². The summed E-state index contributed by atoms with van der Waals surface area (Å²) in [5.74, 6) is 0. The first-order chi connectivity index (χ1) is 17.3. The largest absolute Gasteiger partial charge is 0.379 e. The van der Waals surface area contributed by atoms with Gasteiger partial charge in [0, 0.05) is 39.5 Å². The zero-order valence-corrected chi connectivity index (χ0v) is 23.6. The first-order valence-corrected chi connectivity index (χ1v) is 13.7. The van der Waals surface area contributed by atoms with Gasteiger partial charge in [-0.15, -0.1) is 0 Å². The zero-order valence-electron chi connectivity index (χ0n) is 23.6. The fraction of sp³-hybridized carbons (Fsp3) is 1.00. The highest BCUT2D eigenvalue weighted by molar-refractivity contribution is 4.57. The molecule has 0 aliphatic rings. The quantitative estimate of drug-likeness (QED) is 0.141. The predicted molar refractivity (Wildman–Crippen MR) is 141 cm³/mol. The maximum absolute atomic E-state index is 5.71. The maximum atomic E-state index is 5.71. The van der Waals surface area contributed by atoms with Crippen LogP contribution in [0.3, 0.4) is 0 Å². The molecule has 0 bridgehead atoms. The van der Waals surface area contributed by atoms with Crippen LogP contribution >= 0.6 is 0 Å². The van der Waals surface area contributed by atoms with Crippen LogP contribution in [0.5, 0.6) is 0 Å². The lowest BCUT2D eigenvalue weighted by atomic mass is 10.4. The highest BCUT2D eigenvalue weighted by Crippen LogP contribution is 1.93. The van der Waals surface area contributed by atoms with Gasteiger partial charge in [-0.1, -0.05) is 27.7 Å². The smallest absolute Gasteiger partial charge is 0.0701 e. The number of hydrogen-bond donors (Lipinski definition) is 0. The van der Waals surface area contributed by atoms with E-state index in [1.54, 1.807) is 0 Å². The van der Waals surface area contributed by atoms with Gasteiger partial charge in [0.1, 0.15) is 0 Å². The Labute approximate surface area is 216 Å². The van der Waals surface area contributed by atoms with Gasteiger partial charge in [0.15, 0.2) is 0 Å². The monoisotopic (exact) mass is 511 g/mol. The average molecular weight is 512 g/mol. The van der Waals surface area contributed by atoms with E-state index in [1.165, 1.54) is 0 Å². The Bertz CT molecular complexity index is 329. The Balaban J connectivity index is 0. The summed E-state index contributed by atoms with van der Waals surface area (Å²) in [6.07, 6.45) is 2.06. The molecule has 9 heteroatoms. The molecule has 35 heavy (non-hydrogen) atoms. The molecule has 0 saturated heterocycles. The van der Waals surface area contributed by atoms with Crippen LogP contribution in [0.25, 0.3) is 0 Å². The molecule has 0 aliphatic heterocycles. The molecule has 0 atom stereocenters. The van der Waals surface area contributed by atoms with E-state index in [4.69, 9.17) is 37.9 Å². The Morgan fingerprint density at radius 2 is 0.600 bits per heavy atom. The third kappa shape index (κ3) is 33.6. The number of hydrogen-bond acceptors (Lipinski definition) is 9. The van der Waals surface area contributed by atoms with E-state index in [1.807, 2.05) is 20.8 Å². The van der Waals surface area contributed by atoms with E-state index in [2.05, 4.69) is 18.7 Å². The lowest BCUT2D eigenvalue weighted by Gasteiger charge is -2.22. The lowest BCUT2D eigenvalue weighted by Crippen LogP contribution is -2.34. The van der Waals surface area contributed by atoms with E-state index in [0.29, 0.717) is 85.9 Å². The second-order valence-corrected chi connectivity index (χ2v) is 7.33. The summed E-state index contributed by atoms with van der Waals surface area (Å²) in [7, 11) is 0. The summed E-state index contributed by atoms with van der Waals surface area (Å²) in [6, 6.07) is 0. The fourth-order valence-corrected chi connectivity index (χ4v) is 2.65. The molecule has 0 aliphatic carbocycles. The summed E-state index contributed by atoms with van der Waals surface area (Å²) >= 11 is 0. The Hall–Kier alpha value is -0.360. The van der Waals surface area contributed by atoms with Crippen LogP contribution in [0, 0.1) is 0 Å². The van der Waals surface area contributed by atoms with Crippen molar-refractivity contribution in [3.05, 3.63) is 0 Å². The number of ether oxygens (including phenoxy) is 8. The molecule has 9 nitrogen and oxygen atoms in total. The van der Waals surface area contributed by atoms with Gasteiger partial charge in [0.05, 0.1) is 85.9 Å². The summed E-state index contributed by atoms with van der Waals surface area (Å²) in [5.41, 5.74) is 0. The SMILES string of the molecule is CC.CCCOCCOCCOCCN(CCOCCOCC)CCOCCOCCOCCC. The number of nitrogens with zero attached hydrogens (tertiary/aromatic N) is 1. The van der Waals surface area contributed by atoms with Crippen molar-refractivity contribution in [2.45, 2.75) is 47.5 Å². The third-order valence-corrected chi connectivity index (χ3v) is 4.42. The van der Waals surface area contributed by atoms with Crippen molar-refractivity contribution in [2.24, 2.45) is 0 Å². The van der Waals surface area contributed by atoms with Gasteiger partial charge < -0.3 is 37.9 Å². The normalized spacial score (nSPS) is 11.1. The molecule has 0 aromatic heterocycles. The molecule has 0 N–H and O–H groups in total. The van der Waals surface area contributed by atoms with Gasteiger partial charge >= 0.3 is 0 Å². The molecule has 214 valence electrons. The minimum atomic E-state index is 0.586. The molecule has 0 aromatic rings. The minimum Gasteiger partial charge on any atom is -0.379 e. The molecule has 0 unspecified atom stereocenters. The van der Waals surface area contributed by atoms with E-state index in [0.717, 1.165) is 52.3 Å². The molecule has 0 rings (SSSR count). The van der Waals surface area contributed by atoms with Crippen LogP contribution < -0.4 is 0 Å². The molecule has 0 saturated carbocycles. The molecular formula is C26H57NO8. The standard InChI is InChI=1S/C24H51NO8.C2H6/c1-4-10-27-17-21-32-23-19-30-13-8-25(7-12-29-16-15-26-6-3)9-14-31-20-24-33-22-18-28-11-5-2;1-2/h4-24H2,1-3H3;1-2H3. The molecule has 0 radical (unpaired) electrons. The molecule has 0 heterocycles. The average Bonchev–Trinajstić information content (AvgIpc) is 2.89. The second kappa shape index (κ2) is 35.8. The number of rotatable bonds is 29. The van der Waals surface area contributed by atoms with Gasteiger partial charge in [0.2, 0.25) is 0 Å². The highest BCUT2D eigenvalue weighted by atomic mass is 16.6. The fourth-order valence-electron chi connectivity index (χ4n) is 2.65. The van der Waals surface area contributed by atoms with Crippen molar-refractivity contribution < 1.29 is 37.9 Å². The maximum Gasteiger partial charge on any atom is 0.0701 e. The topological polar surface area (TPSA) is 77.1 Å². The zero-order chi connectivity index (χ0) is 26.1. The Morgan fingerprint density at radius 1 is 0.343 bits per heavy atom. The van der Waals surface area contributed by atoms with Crippen molar-refractivity contribution in [1.82, 2.24) is 4.90 Å². The van der Waals surface area contributed by atoms with Crippen LogP contribution in [-0.4, -0.2) is 130 Å². The van der Waals surface area contributed by atoms with E-state index >= 15 is 0 Å². The van der Waals surface area contributed by atoms with Crippen LogP contribution in [0.2, 0.25) is 0 Å². The van der Waals surface area contributed by atoms with Crippen molar-refractivity contribution >= 4 is 0 Å². The summed E-state index contributed by atoms with van der Waals surface area (Å²) in [4.78, 5) is 2.29. The molecule has 0 aromatic carbocycles. The summed E-state index contributed by atoms with van der Waals surface area (Å²) in [6.45, 7) is 23.0. The van der Waals surface area contributed by atoms with Crippen LogP contribution in [0.1, 0.15) is 47.5 Å². The van der Waals surface area contributed by atoms with Gasteiger partial charge in [-0.05, 0) is 19.8 Å². The molecule has 0 spiro atoms. The molecule has 0 fully saturated rings. The van der Waals surface area contributed by atoms with E-state index < -0.39 is 0 Å². The van der Waals surface area contributed by atoms with Crippen molar-refractivity contribution in [3.63, 3.8) is 0 Å². The first kappa shape index (κ1) is 36.8. The highest BCUT2D eigenvalue weighted by Gasteiger charge is 2.05. The predicted octanol–water partition coefficient (Wildman–Crippen LogP) is 3.29. The van der Waals surface area contributed by atoms with Crippen LogP contribution in [-0.2, 0) is 37.9 Å². The Kier molecular flexibility index (Phi) is 37.6. The van der Waals surface area contributed by atoms with Gasteiger partial charge in [-0.3, -0.25) is 4.90 Å². The summed E-state index contributed by atoms with van der Waals surface area (Å²) < 4.78 is 44.1. The van der Waals surface area contributed by atoms with E-state index in [-0.39, 0.29) is 0 Å². The Morgan fingerprint density at radius 3 is 0.886 bits per heavy atom. The van der Waals surface area contributed by atoms with Gasteiger partial charge in [0.25, 0.3) is 0 Å². The van der Waals surface area contributed by atoms with Gasteiger partial charge in [-0.25, -0.2) is 0 Å². The molecule has 0 amide bonds. The second-order valence-electron chi connectivity index (χ2n) is 7.33.